The Morgan fingerprint density at radius 1 is 1.32 bits per heavy atom. The van der Waals surface area contributed by atoms with Crippen LogP contribution in [0.1, 0.15) is 31.7 Å². The highest BCUT2D eigenvalue weighted by Crippen LogP contribution is 2.19. The van der Waals surface area contributed by atoms with E-state index >= 15 is 0 Å². The lowest BCUT2D eigenvalue weighted by Crippen LogP contribution is -2.38. The summed E-state index contributed by atoms with van der Waals surface area (Å²) in [4.78, 5) is 20.3. The number of rotatable bonds is 6. The fourth-order valence-corrected chi connectivity index (χ4v) is 1.58. The van der Waals surface area contributed by atoms with Gasteiger partial charge >= 0.3 is 0 Å². The zero-order chi connectivity index (χ0) is 14.4. The van der Waals surface area contributed by atoms with Gasteiger partial charge in [0, 0.05) is 12.1 Å². The first kappa shape index (κ1) is 15.2. The fourth-order valence-electron chi connectivity index (χ4n) is 1.58. The Hall–Kier alpha value is -1.89. The Labute approximate surface area is 113 Å². The number of nitrogens with two attached hydrogens (primary N) is 1. The first-order valence-corrected chi connectivity index (χ1v) is 6.35. The number of aromatic nitrogens is 2. The highest BCUT2D eigenvalue weighted by molar-refractivity contribution is 5.84. The smallest absolute Gasteiger partial charge is 0.242 e. The quantitative estimate of drug-likeness (QED) is 0.446. The average molecular weight is 266 g/mol. The molecule has 1 atom stereocenters. The predicted molar refractivity (Wildman–Crippen MR) is 75.7 cm³/mol. The molecule has 7 heteroatoms. The van der Waals surface area contributed by atoms with Crippen LogP contribution < -0.4 is 21.9 Å². The standard InChI is InChI=1S/C12H22N6O/c1-5-6-14-12(19)8(3)15-10-7(2)11(18-13)17-9(4)16-10/h8H,5-6,13H2,1-4H3,(H,14,19)(H2,15,16,17,18). The summed E-state index contributed by atoms with van der Waals surface area (Å²) in [6.45, 7) is 8.08. The van der Waals surface area contributed by atoms with Crippen molar-refractivity contribution in [3.05, 3.63) is 11.4 Å². The van der Waals surface area contributed by atoms with Gasteiger partial charge < -0.3 is 16.1 Å². The number of nitrogens with one attached hydrogen (secondary N) is 3. The topological polar surface area (TPSA) is 105 Å². The summed E-state index contributed by atoms with van der Waals surface area (Å²) < 4.78 is 0. The molecule has 1 heterocycles. The maximum Gasteiger partial charge on any atom is 0.242 e. The van der Waals surface area contributed by atoms with Gasteiger partial charge in [-0.2, -0.15) is 0 Å². The lowest BCUT2D eigenvalue weighted by Gasteiger charge is -2.17. The minimum Gasteiger partial charge on any atom is -0.358 e. The van der Waals surface area contributed by atoms with Gasteiger partial charge in [0.2, 0.25) is 5.91 Å². The average Bonchev–Trinajstić information content (AvgIpc) is 2.39. The Morgan fingerprint density at radius 3 is 2.53 bits per heavy atom. The van der Waals surface area contributed by atoms with Gasteiger partial charge in [-0.25, -0.2) is 15.8 Å². The molecule has 7 nitrogen and oxygen atoms in total. The molecule has 0 aliphatic heterocycles. The maximum absolute atomic E-state index is 11.8. The van der Waals surface area contributed by atoms with Crippen LogP contribution in [0.4, 0.5) is 11.6 Å². The molecule has 5 N–H and O–H groups in total. The number of nitrogens with zero attached hydrogens (tertiary/aromatic N) is 2. The number of aryl methyl sites for hydroxylation is 1. The van der Waals surface area contributed by atoms with E-state index in [-0.39, 0.29) is 11.9 Å². The molecule has 0 radical (unpaired) electrons. The Morgan fingerprint density at radius 2 is 1.95 bits per heavy atom. The minimum atomic E-state index is -0.370. The van der Waals surface area contributed by atoms with Crippen LogP contribution in [0.25, 0.3) is 0 Å². The van der Waals surface area contributed by atoms with E-state index in [1.54, 1.807) is 13.8 Å². The van der Waals surface area contributed by atoms with Crippen molar-refractivity contribution in [2.24, 2.45) is 5.84 Å². The van der Waals surface area contributed by atoms with Crippen molar-refractivity contribution in [1.29, 1.82) is 0 Å². The molecule has 1 aromatic heterocycles. The first-order valence-electron chi connectivity index (χ1n) is 6.35. The second-order valence-corrected chi connectivity index (χ2v) is 4.39. The molecule has 1 amide bonds. The summed E-state index contributed by atoms with van der Waals surface area (Å²) in [5.74, 6) is 7.09. The molecular weight excluding hydrogens is 244 g/mol. The maximum atomic E-state index is 11.8. The molecule has 0 fully saturated rings. The van der Waals surface area contributed by atoms with Gasteiger partial charge in [0.05, 0.1) is 0 Å². The van der Waals surface area contributed by atoms with Gasteiger partial charge in [-0.05, 0) is 27.2 Å². The van der Waals surface area contributed by atoms with Gasteiger partial charge in [-0.15, -0.1) is 0 Å². The van der Waals surface area contributed by atoms with Crippen molar-refractivity contribution in [3.63, 3.8) is 0 Å². The summed E-state index contributed by atoms with van der Waals surface area (Å²) >= 11 is 0. The van der Waals surface area contributed by atoms with Crippen LogP contribution in [0.15, 0.2) is 0 Å². The van der Waals surface area contributed by atoms with Gasteiger partial charge in [0.25, 0.3) is 0 Å². The van der Waals surface area contributed by atoms with Crippen molar-refractivity contribution in [3.8, 4) is 0 Å². The number of hydrazine groups is 1. The van der Waals surface area contributed by atoms with Crippen LogP contribution in [-0.4, -0.2) is 28.5 Å². The molecule has 0 bridgehead atoms. The minimum absolute atomic E-state index is 0.0558. The zero-order valence-corrected chi connectivity index (χ0v) is 11.9. The van der Waals surface area contributed by atoms with Crippen LogP contribution in [0.5, 0.6) is 0 Å². The number of anilines is 2. The van der Waals surface area contributed by atoms with E-state index < -0.39 is 0 Å². The summed E-state index contributed by atoms with van der Waals surface area (Å²) in [7, 11) is 0. The van der Waals surface area contributed by atoms with E-state index in [0.29, 0.717) is 24.0 Å². The number of nitrogen functional groups attached to an aromatic ring is 1. The molecular formula is C12H22N6O. The summed E-state index contributed by atoms with van der Waals surface area (Å²) in [6.07, 6.45) is 0.908. The fraction of sp³-hybridized carbons (Fsp3) is 0.583. The Balaban J connectivity index is 2.81. The van der Waals surface area contributed by atoms with E-state index in [4.69, 9.17) is 5.84 Å². The van der Waals surface area contributed by atoms with Crippen LogP contribution in [-0.2, 0) is 4.79 Å². The predicted octanol–water partition coefficient (Wildman–Crippen LogP) is 0.706. The molecule has 1 unspecified atom stereocenters. The lowest BCUT2D eigenvalue weighted by molar-refractivity contribution is -0.121. The highest BCUT2D eigenvalue weighted by atomic mass is 16.2. The molecule has 19 heavy (non-hydrogen) atoms. The molecule has 106 valence electrons. The van der Waals surface area contributed by atoms with Crippen molar-refractivity contribution in [2.45, 2.75) is 40.2 Å². The van der Waals surface area contributed by atoms with E-state index in [0.717, 1.165) is 12.0 Å². The number of amides is 1. The van der Waals surface area contributed by atoms with E-state index in [9.17, 15) is 4.79 Å². The third kappa shape index (κ3) is 4.06. The van der Waals surface area contributed by atoms with Crippen molar-refractivity contribution >= 4 is 17.5 Å². The first-order chi connectivity index (χ1) is 8.99. The lowest BCUT2D eigenvalue weighted by atomic mass is 10.2. The number of carbonyl (C=O) groups is 1. The summed E-state index contributed by atoms with van der Waals surface area (Å²) in [5, 5.41) is 5.91. The van der Waals surface area contributed by atoms with Crippen molar-refractivity contribution < 1.29 is 4.79 Å². The van der Waals surface area contributed by atoms with E-state index in [2.05, 4.69) is 26.0 Å². The van der Waals surface area contributed by atoms with Crippen molar-refractivity contribution in [2.75, 3.05) is 17.3 Å². The SMILES string of the molecule is CCCNC(=O)C(C)Nc1nc(C)nc(NN)c1C. The molecule has 0 aliphatic rings. The Kier molecular flexibility index (Phi) is 5.50. The van der Waals surface area contributed by atoms with Gasteiger partial charge in [0.15, 0.2) is 0 Å². The third-order valence-electron chi connectivity index (χ3n) is 2.69. The van der Waals surface area contributed by atoms with Crippen LogP contribution in [0.3, 0.4) is 0 Å². The van der Waals surface area contributed by atoms with Crippen LogP contribution >= 0.6 is 0 Å². The van der Waals surface area contributed by atoms with Crippen molar-refractivity contribution in [1.82, 2.24) is 15.3 Å². The normalized spacial score (nSPS) is 11.8. The zero-order valence-electron chi connectivity index (χ0n) is 11.9. The van der Waals surface area contributed by atoms with Crippen LogP contribution in [0.2, 0.25) is 0 Å². The number of hydrogen-bond acceptors (Lipinski definition) is 6. The summed E-state index contributed by atoms with van der Waals surface area (Å²) in [5.41, 5.74) is 3.30. The molecule has 0 saturated carbocycles. The van der Waals surface area contributed by atoms with E-state index in [1.165, 1.54) is 0 Å². The summed E-state index contributed by atoms with van der Waals surface area (Å²) in [6, 6.07) is -0.370. The van der Waals surface area contributed by atoms with Crippen LogP contribution in [0, 0.1) is 13.8 Å². The van der Waals surface area contributed by atoms with Gasteiger partial charge in [-0.3, -0.25) is 4.79 Å². The van der Waals surface area contributed by atoms with Gasteiger partial charge in [-0.1, -0.05) is 6.92 Å². The number of carbonyl (C=O) groups excluding carboxylic acids is 1. The molecule has 0 aliphatic carbocycles. The largest absolute Gasteiger partial charge is 0.358 e. The monoisotopic (exact) mass is 266 g/mol. The van der Waals surface area contributed by atoms with E-state index in [1.807, 2.05) is 13.8 Å². The number of hydrogen-bond donors (Lipinski definition) is 4. The molecule has 0 saturated heterocycles. The second kappa shape index (κ2) is 6.89. The molecule has 0 spiro atoms. The molecule has 0 aromatic carbocycles. The third-order valence-corrected chi connectivity index (χ3v) is 2.69. The Bertz CT molecular complexity index is 448. The highest BCUT2D eigenvalue weighted by Gasteiger charge is 2.15. The van der Waals surface area contributed by atoms with Gasteiger partial charge in [0.1, 0.15) is 23.5 Å². The second-order valence-electron chi connectivity index (χ2n) is 4.39. The molecule has 1 aromatic rings. The molecule has 1 rings (SSSR count).